The van der Waals surface area contributed by atoms with Crippen molar-refractivity contribution >= 4 is 52.6 Å². The Hall–Kier alpha value is -3.10. The van der Waals surface area contributed by atoms with E-state index in [0.717, 1.165) is 11.1 Å². The van der Waals surface area contributed by atoms with E-state index in [4.69, 9.17) is 27.9 Å². The molecular formula is C22H23Cl2N3O5. The van der Waals surface area contributed by atoms with Crippen LogP contribution in [0.25, 0.3) is 0 Å². The summed E-state index contributed by atoms with van der Waals surface area (Å²) in [5.41, 5.74) is 2.62. The highest BCUT2D eigenvalue weighted by molar-refractivity contribution is 6.36. The Morgan fingerprint density at radius 3 is 2.25 bits per heavy atom. The van der Waals surface area contributed by atoms with Crippen molar-refractivity contribution in [3.05, 3.63) is 63.1 Å². The van der Waals surface area contributed by atoms with Gasteiger partial charge in [-0.3, -0.25) is 19.2 Å². The molecule has 3 N–H and O–H groups in total. The maximum absolute atomic E-state index is 12.1. The van der Waals surface area contributed by atoms with Gasteiger partial charge in [0, 0.05) is 10.7 Å². The van der Waals surface area contributed by atoms with E-state index in [2.05, 4.69) is 16.0 Å². The molecule has 0 aliphatic rings. The summed E-state index contributed by atoms with van der Waals surface area (Å²) in [6.45, 7) is 4.32. The van der Waals surface area contributed by atoms with Crippen molar-refractivity contribution in [1.82, 2.24) is 10.6 Å². The van der Waals surface area contributed by atoms with Crippen molar-refractivity contribution in [1.29, 1.82) is 0 Å². The van der Waals surface area contributed by atoms with E-state index in [0.29, 0.717) is 10.7 Å². The van der Waals surface area contributed by atoms with E-state index >= 15 is 0 Å². The van der Waals surface area contributed by atoms with Crippen LogP contribution in [-0.2, 0) is 19.1 Å². The number of rotatable bonds is 8. The largest absolute Gasteiger partial charge is 0.451 e. The van der Waals surface area contributed by atoms with E-state index in [1.165, 1.54) is 25.1 Å². The van der Waals surface area contributed by atoms with Gasteiger partial charge in [0.1, 0.15) is 6.54 Å². The molecule has 32 heavy (non-hydrogen) atoms. The summed E-state index contributed by atoms with van der Waals surface area (Å²) < 4.78 is 4.99. The van der Waals surface area contributed by atoms with Crippen molar-refractivity contribution in [2.24, 2.45) is 0 Å². The number of carbonyl (C=O) groups is 4. The molecule has 2 rings (SSSR count). The lowest BCUT2D eigenvalue weighted by molar-refractivity contribution is -0.153. The van der Waals surface area contributed by atoms with Crippen LogP contribution in [0, 0.1) is 13.8 Å². The maximum Gasteiger partial charge on any atom is 0.326 e. The topological polar surface area (TPSA) is 114 Å². The number of hydrogen-bond donors (Lipinski definition) is 3. The fourth-order valence-corrected chi connectivity index (χ4v) is 3.21. The summed E-state index contributed by atoms with van der Waals surface area (Å²) in [4.78, 5) is 48.3. The van der Waals surface area contributed by atoms with E-state index < -0.39 is 36.3 Å². The minimum absolute atomic E-state index is 0.135. The number of anilines is 1. The lowest BCUT2D eigenvalue weighted by Gasteiger charge is -2.15. The predicted molar refractivity (Wildman–Crippen MR) is 122 cm³/mol. The fraction of sp³-hybridized carbons (Fsp3) is 0.273. The van der Waals surface area contributed by atoms with Gasteiger partial charge in [-0.15, -0.1) is 0 Å². The van der Waals surface area contributed by atoms with Gasteiger partial charge in [0.25, 0.3) is 11.8 Å². The average Bonchev–Trinajstić information content (AvgIpc) is 2.73. The summed E-state index contributed by atoms with van der Waals surface area (Å²) in [6, 6.07) is 9.92. The SMILES string of the molecule is Cc1cccc(C)c1NC(=O)CNC(=O)C(C)OC(=O)CNC(=O)c1ccc(Cl)cc1Cl. The van der Waals surface area contributed by atoms with E-state index in [1.54, 1.807) is 0 Å². The Balaban J connectivity index is 1.77. The predicted octanol–water partition coefficient (Wildman–Crippen LogP) is 3.03. The molecule has 10 heteroatoms. The molecule has 0 saturated carbocycles. The molecule has 0 bridgehead atoms. The summed E-state index contributed by atoms with van der Waals surface area (Å²) in [6.07, 6.45) is -1.16. The summed E-state index contributed by atoms with van der Waals surface area (Å²) in [7, 11) is 0. The molecule has 0 radical (unpaired) electrons. The molecule has 1 unspecified atom stereocenters. The highest BCUT2D eigenvalue weighted by atomic mass is 35.5. The first-order valence-electron chi connectivity index (χ1n) is 9.65. The second-order valence-corrected chi connectivity index (χ2v) is 7.82. The smallest absolute Gasteiger partial charge is 0.326 e. The molecular weight excluding hydrogens is 457 g/mol. The monoisotopic (exact) mass is 479 g/mol. The third-order valence-corrected chi connectivity index (χ3v) is 4.96. The Morgan fingerprint density at radius 2 is 1.62 bits per heavy atom. The second-order valence-electron chi connectivity index (χ2n) is 6.97. The maximum atomic E-state index is 12.1. The minimum Gasteiger partial charge on any atom is -0.451 e. The average molecular weight is 480 g/mol. The van der Waals surface area contributed by atoms with Crippen molar-refractivity contribution in [3.63, 3.8) is 0 Å². The van der Waals surface area contributed by atoms with Gasteiger partial charge < -0.3 is 20.7 Å². The highest BCUT2D eigenvalue weighted by Crippen LogP contribution is 2.21. The fourth-order valence-electron chi connectivity index (χ4n) is 2.72. The van der Waals surface area contributed by atoms with E-state index in [9.17, 15) is 19.2 Å². The normalized spacial score (nSPS) is 11.3. The summed E-state index contributed by atoms with van der Waals surface area (Å²) in [5, 5.41) is 8.00. The van der Waals surface area contributed by atoms with Gasteiger partial charge in [0.2, 0.25) is 5.91 Å². The quantitative estimate of drug-likeness (QED) is 0.503. The number of para-hydroxylation sites is 1. The molecule has 0 saturated heterocycles. The van der Waals surface area contributed by atoms with Crippen LogP contribution in [0.4, 0.5) is 5.69 Å². The van der Waals surface area contributed by atoms with Gasteiger partial charge in [-0.1, -0.05) is 41.4 Å². The van der Waals surface area contributed by atoms with Crippen molar-refractivity contribution in [3.8, 4) is 0 Å². The number of hydrogen-bond acceptors (Lipinski definition) is 5. The number of ether oxygens (including phenoxy) is 1. The van der Waals surface area contributed by atoms with Gasteiger partial charge in [0.05, 0.1) is 17.1 Å². The molecule has 8 nitrogen and oxygen atoms in total. The standard InChI is InChI=1S/C22H23Cl2N3O5/c1-12-5-4-6-13(2)20(12)27-18(28)10-25-21(30)14(3)32-19(29)11-26-22(31)16-8-7-15(23)9-17(16)24/h4-9,14H,10-11H2,1-3H3,(H,25,30)(H,26,31)(H,27,28). The second kappa shape index (κ2) is 11.5. The zero-order valence-corrected chi connectivity index (χ0v) is 19.3. The third kappa shape index (κ3) is 7.25. The molecule has 1 atom stereocenters. The van der Waals surface area contributed by atoms with Crippen LogP contribution in [0.2, 0.25) is 10.0 Å². The summed E-state index contributed by atoms with van der Waals surface area (Å²) in [5.74, 6) is -2.49. The number of benzene rings is 2. The van der Waals surface area contributed by atoms with Crippen LogP contribution in [0.15, 0.2) is 36.4 Å². The van der Waals surface area contributed by atoms with Crippen molar-refractivity contribution in [2.45, 2.75) is 26.9 Å². The molecule has 0 aromatic heterocycles. The lowest BCUT2D eigenvalue weighted by Crippen LogP contribution is -2.41. The molecule has 3 amide bonds. The van der Waals surface area contributed by atoms with Gasteiger partial charge >= 0.3 is 5.97 Å². The van der Waals surface area contributed by atoms with Gasteiger partial charge in [-0.05, 0) is 50.1 Å². The van der Waals surface area contributed by atoms with Crippen LogP contribution in [0.3, 0.4) is 0 Å². The van der Waals surface area contributed by atoms with Crippen LogP contribution in [-0.4, -0.2) is 42.9 Å². The highest BCUT2D eigenvalue weighted by Gasteiger charge is 2.20. The number of nitrogens with one attached hydrogen (secondary N) is 3. The molecule has 0 heterocycles. The molecule has 0 spiro atoms. The molecule has 170 valence electrons. The Bertz CT molecular complexity index is 1020. The molecule has 0 aliphatic carbocycles. The van der Waals surface area contributed by atoms with Crippen LogP contribution in [0.1, 0.15) is 28.4 Å². The number of amides is 3. The van der Waals surface area contributed by atoms with Gasteiger partial charge in [-0.2, -0.15) is 0 Å². The summed E-state index contributed by atoms with van der Waals surface area (Å²) >= 11 is 11.7. The molecule has 2 aromatic rings. The molecule has 0 aliphatic heterocycles. The third-order valence-electron chi connectivity index (χ3n) is 4.42. The minimum atomic E-state index is -1.16. The van der Waals surface area contributed by atoms with E-state index in [-0.39, 0.29) is 17.1 Å². The van der Waals surface area contributed by atoms with Crippen molar-refractivity contribution < 1.29 is 23.9 Å². The van der Waals surface area contributed by atoms with Gasteiger partial charge in [0.15, 0.2) is 6.10 Å². The Morgan fingerprint density at radius 1 is 0.969 bits per heavy atom. The van der Waals surface area contributed by atoms with E-state index in [1.807, 2.05) is 32.0 Å². The Labute approximate surface area is 195 Å². The first kappa shape index (κ1) is 25.2. The first-order chi connectivity index (χ1) is 15.1. The Kier molecular flexibility index (Phi) is 9.04. The number of halogens is 2. The first-order valence-corrected chi connectivity index (χ1v) is 10.4. The number of esters is 1. The van der Waals surface area contributed by atoms with Crippen molar-refractivity contribution in [2.75, 3.05) is 18.4 Å². The lowest BCUT2D eigenvalue weighted by atomic mass is 10.1. The molecule has 0 fully saturated rings. The number of aryl methyl sites for hydroxylation is 2. The van der Waals surface area contributed by atoms with Crippen LogP contribution in [0.5, 0.6) is 0 Å². The van der Waals surface area contributed by atoms with Crippen LogP contribution < -0.4 is 16.0 Å². The zero-order chi connectivity index (χ0) is 23.8. The van der Waals surface area contributed by atoms with Crippen LogP contribution >= 0.6 is 23.2 Å². The molecule has 2 aromatic carbocycles. The number of carbonyl (C=O) groups excluding carboxylic acids is 4. The van der Waals surface area contributed by atoms with Gasteiger partial charge in [-0.25, -0.2) is 0 Å². The zero-order valence-electron chi connectivity index (χ0n) is 17.8.